The molecule has 0 aromatic heterocycles. The van der Waals surface area contributed by atoms with E-state index in [0.29, 0.717) is 0 Å². The van der Waals surface area contributed by atoms with Crippen LogP contribution in [-0.4, -0.2) is 50.2 Å². The van der Waals surface area contributed by atoms with Crippen LogP contribution >= 0.6 is 0 Å². The van der Waals surface area contributed by atoms with Crippen LogP contribution in [0, 0.1) is 5.92 Å². The van der Waals surface area contributed by atoms with Crippen LogP contribution in [0.4, 0.5) is 0 Å². The molecule has 0 radical (unpaired) electrons. The Balaban J connectivity index is 4.55. The Labute approximate surface area is 152 Å². The molecule has 0 spiro atoms. The van der Waals surface area contributed by atoms with Crippen LogP contribution in [0.5, 0.6) is 0 Å². The summed E-state index contributed by atoms with van der Waals surface area (Å²) in [6.45, 7) is 10.0. The molecular weight excluding hydrogens is 342 g/mol. The quantitative estimate of drug-likeness (QED) is 0.278. The number of carbonyl (C=O) groups is 4. The van der Waals surface area contributed by atoms with Gasteiger partial charge in [-0.2, -0.15) is 0 Å². The van der Waals surface area contributed by atoms with E-state index in [4.69, 9.17) is 14.2 Å². The molecule has 0 aliphatic heterocycles. The number of rotatable bonds is 14. The van der Waals surface area contributed by atoms with Crippen LogP contribution in [0.25, 0.3) is 0 Å². The highest BCUT2D eigenvalue weighted by molar-refractivity contribution is 5.86. The van der Waals surface area contributed by atoms with Gasteiger partial charge in [0.25, 0.3) is 0 Å². The van der Waals surface area contributed by atoms with Gasteiger partial charge in [-0.3, -0.25) is 19.2 Å². The van der Waals surface area contributed by atoms with E-state index < -0.39 is 29.7 Å². The van der Waals surface area contributed by atoms with E-state index >= 15 is 0 Å². The van der Waals surface area contributed by atoms with E-state index in [9.17, 15) is 19.2 Å². The number of hydrogen-bond acceptors (Lipinski definition) is 7. The molecule has 0 fully saturated rings. The van der Waals surface area contributed by atoms with Crippen molar-refractivity contribution in [3.8, 4) is 0 Å². The summed E-state index contributed by atoms with van der Waals surface area (Å²) in [5, 5.41) is 2.35. The van der Waals surface area contributed by atoms with E-state index in [1.54, 1.807) is 0 Å². The van der Waals surface area contributed by atoms with E-state index in [0.717, 1.165) is 0 Å². The Kier molecular flexibility index (Phi) is 12.8. The average molecular weight is 367 g/mol. The third-order valence-corrected chi connectivity index (χ3v) is 2.96. The second-order valence-electron chi connectivity index (χ2n) is 5.08. The van der Waals surface area contributed by atoms with Gasteiger partial charge < -0.3 is 19.5 Å². The molecule has 1 N–H and O–H groups in total. The molecule has 0 bridgehead atoms. The highest BCUT2D eigenvalue weighted by Crippen LogP contribution is 2.14. The first-order valence-electron chi connectivity index (χ1n) is 8.01. The lowest BCUT2D eigenvalue weighted by molar-refractivity contribution is -0.150. The van der Waals surface area contributed by atoms with Crippen molar-refractivity contribution in [1.82, 2.24) is 5.32 Å². The van der Waals surface area contributed by atoms with Crippen molar-refractivity contribution in [3.63, 3.8) is 0 Å². The molecule has 0 aliphatic rings. The summed E-state index contributed by atoms with van der Waals surface area (Å²) in [5.41, 5.74) is 0. The lowest BCUT2D eigenvalue weighted by Gasteiger charge is -2.15. The van der Waals surface area contributed by atoms with Gasteiger partial charge >= 0.3 is 17.9 Å². The number of ether oxygens (including phenoxy) is 3. The van der Waals surface area contributed by atoms with Crippen LogP contribution in [0.3, 0.4) is 0 Å². The number of esters is 3. The molecule has 0 saturated heterocycles. The molecule has 0 aromatic rings. The molecule has 0 aromatic carbocycles. The lowest BCUT2D eigenvalue weighted by Crippen LogP contribution is -2.33. The first-order chi connectivity index (χ1) is 12.4. The fourth-order valence-electron chi connectivity index (χ4n) is 1.75. The van der Waals surface area contributed by atoms with Crippen LogP contribution in [0.15, 0.2) is 38.0 Å². The zero-order chi connectivity index (χ0) is 19.8. The monoisotopic (exact) mass is 367 g/mol. The summed E-state index contributed by atoms with van der Waals surface area (Å²) in [5.74, 6) is -3.17. The number of nitrogens with one attached hydrogen (secondary N) is 1. The van der Waals surface area contributed by atoms with Gasteiger partial charge in [0.2, 0.25) is 5.91 Å². The molecule has 1 atom stereocenters. The molecule has 144 valence electrons. The summed E-state index contributed by atoms with van der Waals surface area (Å²) >= 11 is 0. The third-order valence-electron chi connectivity index (χ3n) is 2.96. The van der Waals surface area contributed by atoms with E-state index in [2.05, 4.69) is 25.1 Å². The van der Waals surface area contributed by atoms with Gasteiger partial charge in [-0.1, -0.05) is 38.0 Å². The molecular formula is C18H25NO7. The fourth-order valence-corrected chi connectivity index (χ4v) is 1.75. The average Bonchev–Trinajstić information content (AvgIpc) is 2.63. The van der Waals surface area contributed by atoms with Crippen molar-refractivity contribution in [2.24, 2.45) is 5.92 Å². The minimum Gasteiger partial charge on any atom is -0.461 e. The Morgan fingerprint density at radius 3 is 1.96 bits per heavy atom. The smallest absolute Gasteiger partial charge is 0.325 e. The molecule has 8 nitrogen and oxygen atoms in total. The molecule has 8 heteroatoms. The highest BCUT2D eigenvalue weighted by Gasteiger charge is 2.24. The van der Waals surface area contributed by atoms with Crippen LogP contribution in [-0.2, 0) is 33.4 Å². The summed E-state index contributed by atoms with van der Waals surface area (Å²) in [6.07, 6.45) is 3.99. The molecule has 0 aliphatic carbocycles. The molecule has 0 rings (SSSR count). The molecule has 26 heavy (non-hydrogen) atoms. The first kappa shape index (κ1) is 23.1. The van der Waals surface area contributed by atoms with Gasteiger partial charge in [0.15, 0.2) is 0 Å². The predicted octanol–water partition coefficient (Wildman–Crippen LogP) is 1.08. The zero-order valence-electron chi connectivity index (χ0n) is 14.7. The predicted molar refractivity (Wildman–Crippen MR) is 93.8 cm³/mol. The van der Waals surface area contributed by atoms with Crippen LogP contribution < -0.4 is 5.32 Å². The Morgan fingerprint density at radius 1 is 0.846 bits per heavy atom. The summed E-state index contributed by atoms with van der Waals surface area (Å²) in [7, 11) is 0. The molecule has 0 heterocycles. The van der Waals surface area contributed by atoms with E-state index in [1.807, 2.05) is 0 Å². The Bertz CT molecular complexity index is 528. The van der Waals surface area contributed by atoms with Crippen molar-refractivity contribution in [1.29, 1.82) is 0 Å². The first-order valence-corrected chi connectivity index (χ1v) is 8.01. The minimum absolute atomic E-state index is 0.00819. The van der Waals surface area contributed by atoms with Crippen molar-refractivity contribution in [2.75, 3.05) is 26.4 Å². The third kappa shape index (κ3) is 11.6. The maximum absolute atomic E-state index is 12.0. The van der Waals surface area contributed by atoms with Crippen molar-refractivity contribution < 1.29 is 33.4 Å². The normalized spacial score (nSPS) is 10.8. The van der Waals surface area contributed by atoms with Gasteiger partial charge in [0.1, 0.15) is 26.4 Å². The highest BCUT2D eigenvalue weighted by atomic mass is 16.5. The van der Waals surface area contributed by atoms with Gasteiger partial charge in [-0.25, -0.2) is 0 Å². The maximum atomic E-state index is 12.0. The number of hydrogen-bond donors (Lipinski definition) is 1. The van der Waals surface area contributed by atoms with Gasteiger partial charge in [-0.05, 0) is 6.42 Å². The van der Waals surface area contributed by atoms with Crippen molar-refractivity contribution in [3.05, 3.63) is 38.0 Å². The summed E-state index contributed by atoms with van der Waals surface area (Å²) in [6, 6.07) is 0. The Hall–Kier alpha value is -2.90. The van der Waals surface area contributed by atoms with Crippen molar-refractivity contribution in [2.45, 2.75) is 19.3 Å². The zero-order valence-corrected chi connectivity index (χ0v) is 14.7. The van der Waals surface area contributed by atoms with Gasteiger partial charge in [-0.15, -0.1) is 0 Å². The second-order valence-corrected chi connectivity index (χ2v) is 5.08. The molecule has 1 unspecified atom stereocenters. The van der Waals surface area contributed by atoms with E-state index in [-0.39, 0.29) is 45.6 Å². The van der Waals surface area contributed by atoms with Crippen molar-refractivity contribution >= 4 is 23.8 Å². The van der Waals surface area contributed by atoms with Gasteiger partial charge in [0.05, 0.1) is 5.92 Å². The topological polar surface area (TPSA) is 108 Å². The number of carbonyl (C=O) groups excluding carboxylic acids is 4. The lowest BCUT2D eigenvalue weighted by atomic mass is 9.99. The number of amides is 1. The standard InChI is InChI=1S/C18H25NO7/c1-4-9-24-16(21)8-7-14(18(23)26-11-6-3)12-15(20)19-13-17(22)25-10-5-2/h4-6,14H,1-3,7-13H2,(H,19,20). The van der Waals surface area contributed by atoms with Crippen LogP contribution in [0.1, 0.15) is 19.3 Å². The van der Waals surface area contributed by atoms with E-state index in [1.165, 1.54) is 18.2 Å². The summed E-state index contributed by atoms with van der Waals surface area (Å²) < 4.78 is 14.5. The minimum atomic E-state index is -0.851. The molecule has 1 amide bonds. The Morgan fingerprint density at radius 2 is 1.38 bits per heavy atom. The summed E-state index contributed by atoms with van der Waals surface area (Å²) in [4.78, 5) is 46.8. The largest absolute Gasteiger partial charge is 0.461 e. The fraction of sp³-hybridized carbons (Fsp3) is 0.444. The van der Waals surface area contributed by atoms with Gasteiger partial charge in [0, 0.05) is 12.8 Å². The SMILES string of the molecule is C=CCOC(=O)CCC(CC(=O)NCC(=O)OCC=C)C(=O)OCC=C. The maximum Gasteiger partial charge on any atom is 0.325 e. The van der Waals surface area contributed by atoms with Crippen LogP contribution in [0.2, 0.25) is 0 Å². The molecule has 0 saturated carbocycles. The second kappa shape index (κ2) is 14.4.